The number of hydrogen-bond acceptors (Lipinski definition) is 2. The minimum absolute atomic E-state index is 0.00328. The van der Waals surface area contributed by atoms with Gasteiger partial charge in [-0.15, -0.1) is 0 Å². The van der Waals surface area contributed by atoms with E-state index in [9.17, 15) is 9.59 Å². The lowest BCUT2D eigenvalue weighted by molar-refractivity contribution is 0.181. The number of urea groups is 2. The van der Waals surface area contributed by atoms with Gasteiger partial charge in [-0.25, -0.2) is 9.59 Å². The zero-order valence-corrected chi connectivity index (χ0v) is 16.6. The Bertz CT molecular complexity index is 827. The molecule has 6 heteroatoms. The number of carbonyl (C=O) groups is 2. The van der Waals surface area contributed by atoms with E-state index in [-0.39, 0.29) is 18.1 Å². The average Bonchev–Trinajstić information content (AvgIpc) is 3.04. The molecule has 6 nitrogen and oxygen atoms in total. The maximum Gasteiger partial charge on any atom is 0.321 e. The molecule has 2 heterocycles. The summed E-state index contributed by atoms with van der Waals surface area (Å²) in [5.41, 5.74) is 1.91. The van der Waals surface area contributed by atoms with Gasteiger partial charge in [-0.05, 0) is 42.9 Å². The van der Waals surface area contributed by atoms with Crippen LogP contribution in [0.4, 0.5) is 15.3 Å². The van der Waals surface area contributed by atoms with Crippen LogP contribution in [-0.4, -0.2) is 47.5 Å². The maximum atomic E-state index is 12.8. The fraction of sp³-hybridized carbons (Fsp3) is 0.391. The summed E-state index contributed by atoms with van der Waals surface area (Å²) in [5.74, 6) is 0.465. The van der Waals surface area contributed by atoms with Crippen LogP contribution in [0.25, 0.3) is 0 Å². The normalized spacial score (nSPS) is 21.2. The van der Waals surface area contributed by atoms with Crippen LogP contribution in [0.2, 0.25) is 0 Å². The van der Waals surface area contributed by atoms with Gasteiger partial charge in [0.15, 0.2) is 0 Å². The first-order valence-electron chi connectivity index (χ1n) is 10.4. The van der Waals surface area contributed by atoms with Crippen molar-refractivity contribution in [2.75, 3.05) is 25.0 Å². The molecule has 2 aromatic carbocycles. The number of benzene rings is 2. The highest BCUT2D eigenvalue weighted by atomic mass is 16.2. The van der Waals surface area contributed by atoms with Gasteiger partial charge < -0.3 is 20.4 Å². The topological polar surface area (TPSA) is 64.7 Å². The average molecular weight is 393 g/mol. The molecule has 2 fully saturated rings. The number of likely N-dealkylation sites (tertiary alicyclic amines) is 2. The van der Waals surface area contributed by atoms with E-state index in [1.807, 2.05) is 70.5 Å². The highest BCUT2D eigenvalue weighted by molar-refractivity contribution is 5.89. The van der Waals surface area contributed by atoms with Gasteiger partial charge in [0, 0.05) is 37.9 Å². The second-order valence-corrected chi connectivity index (χ2v) is 7.81. The number of nitrogens with one attached hydrogen (secondary N) is 2. The van der Waals surface area contributed by atoms with Gasteiger partial charge in [-0.3, -0.25) is 0 Å². The molecule has 2 atom stereocenters. The van der Waals surface area contributed by atoms with Gasteiger partial charge in [0.2, 0.25) is 0 Å². The minimum atomic E-state index is -0.0590. The Labute approximate surface area is 171 Å². The van der Waals surface area contributed by atoms with Crippen molar-refractivity contribution in [3.8, 4) is 0 Å². The Morgan fingerprint density at radius 3 is 2.24 bits per heavy atom. The first-order valence-corrected chi connectivity index (χ1v) is 10.4. The number of anilines is 1. The van der Waals surface area contributed by atoms with E-state index >= 15 is 0 Å². The summed E-state index contributed by atoms with van der Waals surface area (Å²) in [4.78, 5) is 29.3. The number of nitrogens with zero attached hydrogens (tertiary/aromatic N) is 2. The summed E-state index contributed by atoms with van der Waals surface area (Å²) in [7, 11) is 0. The summed E-state index contributed by atoms with van der Waals surface area (Å²) in [6.45, 7) is 2.74. The Hall–Kier alpha value is -3.02. The summed E-state index contributed by atoms with van der Waals surface area (Å²) in [6, 6.07) is 19.7. The van der Waals surface area contributed by atoms with E-state index in [2.05, 4.69) is 10.6 Å². The Balaban J connectivity index is 1.32. The number of rotatable bonds is 3. The van der Waals surface area contributed by atoms with Crippen molar-refractivity contribution in [2.45, 2.75) is 31.8 Å². The molecule has 0 aliphatic carbocycles. The van der Waals surface area contributed by atoms with E-state index in [0.29, 0.717) is 19.0 Å². The lowest BCUT2D eigenvalue weighted by atomic mass is 9.96. The van der Waals surface area contributed by atoms with Crippen molar-refractivity contribution in [3.63, 3.8) is 0 Å². The van der Waals surface area contributed by atoms with Crippen molar-refractivity contribution >= 4 is 17.7 Å². The van der Waals surface area contributed by atoms with Crippen LogP contribution in [0.5, 0.6) is 0 Å². The summed E-state index contributed by atoms with van der Waals surface area (Å²) < 4.78 is 0. The van der Waals surface area contributed by atoms with Gasteiger partial charge >= 0.3 is 12.1 Å². The summed E-state index contributed by atoms with van der Waals surface area (Å²) in [6.07, 6.45) is 2.78. The zero-order chi connectivity index (χ0) is 20.1. The second kappa shape index (κ2) is 8.99. The highest BCUT2D eigenvalue weighted by Crippen LogP contribution is 2.32. The van der Waals surface area contributed by atoms with Crippen molar-refractivity contribution in [1.29, 1.82) is 0 Å². The SMILES string of the molecule is O=C(Nc1ccccc1)N1CC[C@@H]2CCN(C(=O)NCc3ccccc3)[C@@H]2CC1. The molecule has 0 unspecified atom stereocenters. The molecule has 0 saturated carbocycles. The van der Waals surface area contributed by atoms with Crippen molar-refractivity contribution in [3.05, 3.63) is 66.2 Å². The van der Waals surface area contributed by atoms with Gasteiger partial charge in [-0.1, -0.05) is 48.5 Å². The standard InChI is InChI=1S/C23H28N4O2/c28-22(24-17-18-7-3-1-4-8-18)27-16-12-19-11-14-26(15-13-21(19)27)23(29)25-20-9-5-2-6-10-20/h1-10,19,21H,11-17H2,(H,24,28)(H,25,29)/t19-,21-/m1/s1. The molecular formula is C23H28N4O2. The molecule has 4 rings (SSSR count). The fourth-order valence-electron chi connectivity index (χ4n) is 4.42. The molecule has 0 bridgehead atoms. The van der Waals surface area contributed by atoms with E-state index in [4.69, 9.17) is 0 Å². The van der Waals surface area contributed by atoms with Gasteiger partial charge in [0.25, 0.3) is 0 Å². The predicted molar refractivity (Wildman–Crippen MR) is 114 cm³/mol. The van der Waals surface area contributed by atoms with Gasteiger partial charge in [0.1, 0.15) is 0 Å². The molecular weight excluding hydrogens is 364 g/mol. The van der Waals surface area contributed by atoms with E-state index in [0.717, 1.165) is 43.6 Å². The van der Waals surface area contributed by atoms with Crippen LogP contribution >= 0.6 is 0 Å². The third kappa shape index (κ3) is 4.70. The number of para-hydroxylation sites is 1. The third-order valence-corrected chi connectivity index (χ3v) is 6.01. The lowest BCUT2D eigenvalue weighted by Gasteiger charge is -2.27. The number of hydrogen-bond donors (Lipinski definition) is 2. The first kappa shape index (κ1) is 19.3. The Kier molecular flexibility index (Phi) is 5.98. The van der Waals surface area contributed by atoms with Crippen LogP contribution in [0, 0.1) is 5.92 Å². The molecule has 152 valence electrons. The quantitative estimate of drug-likeness (QED) is 0.832. The molecule has 2 saturated heterocycles. The fourth-order valence-corrected chi connectivity index (χ4v) is 4.42. The molecule has 2 aromatic rings. The number of carbonyl (C=O) groups excluding carboxylic acids is 2. The zero-order valence-electron chi connectivity index (χ0n) is 16.6. The van der Waals surface area contributed by atoms with E-state index in [1.165, 1.54) is 0 Å². The molecule has 0 radical (unpaired) electrons. The smallest absolute Gasteiger partial charge is 0.321 e. The number of fused-ring (bicyclic) bond motifs is 1. The van der Waals surface area contributed by atoms with E-state index < -0.39 is 0 Å². The molecule has 29 heavy (non-hydrogen) atoms. The highest BCUT2D eigenvalue weighted by Gasteiger charge is 2.39. The monoisotopic (exact) mass is 392 g/mol. The lowest BCUT2D eigenvalue weighted by Crippen LogP contribution is -2.44. The van der Waals surface area contributed by atoms with E-state index in [1.54, 1.807) is 0 Å². The predicted octanol–water partition coefficient (Wildman–Crippen LogP) is 3.91. The first-order chi connectivity index (χ1) is 14.2. The van der Waals surface area contributed by atoms with Crippen LogP contribution in [-0.2, 0) is 6.54 Å². The maximum absolute atomic E-state index is 12.8. The summed E-state index contributed by atoms with van der Waals surface area (Å²) in [5, 5.41) is 6.03. The molecule has 0 aromatic heterocycles. The van der Waals surface area contributed by atoms with Crippen LogP contribution in [0.15, 0.2) is 60.7 Å². The van der Waals surface area contributed by atoms with Crippen LogP contribution < -0.4 is 10.6 Å². The summed E-state index contributed by atoms with van der Waals surface area (Å²) >= 11 is 0. The van der Waals surface area contributed by atoms with Gasteiger partial charge in [-0.2, -0.15) is 0 Å². The van der Waals surface area contributed by atoms with Crippen LogP contribution in [0.1, 0.15) is 24.8 Å². The molecule has 2 aliphatic heterocycles. The largest absolute Gasteiger partial charge is 0.334 e. The van der Waals surface area contributed by atoms with Crippen molar-refractivity contribution in [1.82, 2.24) is 15.1 Å². The van der Waals surface area contributed by atoms with Crippen molar-refractivity contribution < 1.29 is 9.59 Å². The second-order valence-electron chi connectivity index (χ2n) is 7.81. The Morgan fingerprint density at radius 1 is 0.828 bits per heavy atom. The Morgan fingerprint density at radius 2 is 1.48 bits per heavy atom. The molecule has 4 amide bonds. The third-order valence-electron chi connectivity index (χ3n) is 6.01. The molecule has 2 aliphatic rings. The van der Waals surface area contributed by atoms with Crippen LogP contribution in [0.3, 0.4) is 0 Å². The molecule has 0 spiro atoms. The number of amides is 4. The minimum Gasteiger partial charge on any atom is -0.334 e. The van der Waals surface area contributed by atoms with Crippen molar-refractivity contribution in [2.24, 2.45) is 5.92 Å². The molecule has 2 N–H and O–H groups in total. The van der Waals surface area contributed by atoms with Gasteiger partial charge in [0.05, 0.1) is 0 Å².